The van der Waals surface area contributed by atoms with E-state index in [1.54, 1.807) is 0 Å². The van der Waals surface area contributed by atoms with E-state index < -0.39 is 84.7 Å². The molecule has 0 aliphatic carbocycles. The Kier molecular flexibility index (Phi) is 8.48. The van der Waals surface area contributed by atoms with Gasteiger partial charge in [0.1, 0.15) is 43.2 Å². The number of hydrogen-bond donors (Lipinski definition) is 9. The monoisotopic (exact) mass is 491 g/mol. The fraction of sp³-hybridized carbons (Fsp3) is 0.588. The Labute approximate surface area is 189 Å². The van der Waals surface area contributed by atoms with Crippen molar-refractivity contribution in [2.24, 2.45) is 11.5 Å². The molecule has 2 amide bonds. The van der Waals surface area contributed by atoms with Crippen LogP contribution >= 0.6 is 0 Å². The molecule has 0 spiro atoms. The van der Waals surface area contributed by atoms with Gasteiger partial charge in [-0.05, 0) is 6.92 Å². The summed E-state index contributed by atoms with van der Waals surface area (Å²) in [6, 6.07) is -3.98. The first kappa shape index (κ1) is 26.9. The molecule has 2 rings (SSSR count). The number of aromatic amines is 1. The van der Waals surface area contributed by atoms with Gasteiger partial charge >= 0.3 is 17.8 Å². The number of carbonyl (C=O) groups excluding carboxylic acids is 2. The molecule has 190 valence electrons. The van der Waals surface area contributed by atoms with E-state index in [0.29, 0.717) is 0 Å². The number of aliphatic carboxylic acids is 1. The van der Waals surface area contributed by atoms with Crippen molar-refractivity contribution >= 4 is 18.0 Å². The van der Waals surface area contributed by atoms with Crippen molar-refractivity contribution in [1.82, 2.24) is 14.9 Å². The van der Waals surface area contributed by atoms with Crippen LogP contribution in [0.4, 0.5) is 4.79 Å². The third-order valence-corrected chi connectivity index (χ3v) is 5.05. The SMILES string of the molecule is Cc1cn([C@@H]2O[C@H](C(NC(=O)C(N)C(O)C(O)COC(N)=O)C(=O)O)[C@@H](O)[C@H]2O)c(=O)[nH]c1=O. The predicted octanol–water partition coefficient (Wildman–Crippen LogP) is -5.82. The van der Waals surface area contributed by atoms with E-state index in [-0.39, 0.29) is 5.56 Å². The quantitative estimate of drug-likeness (QED) is 0.156. The molecule has 0 bridgehead atoms. The topological polar surface area (TPSA) is 290 Å². The smallest absolute Gasteiger partial charge is 0.404 e. The Morgan fingerprint density at radius 1 is 1.26 bits per heavy atom. The van der Waals surface area contributed by atoms with Gasteiger partial charge in [0.2, 0.25) is 5.91 Å². The van der Waals surface area contributed by atoms with Crippen molar-refractivity contribution in [3.8, 4) is 0 Å². The molecular weight excluding hydrogens is 466 g/mol. The van der Waals surface area contributed by atoms with E-state index in [0.717, 1.165) is 10.8 Å². The number of amides is 2. The van der Waals surface area contributed by atoms with Crippen LogP contribution in [0.2, 0.25) is 0 Å². The lowest BCUT2D eigenvalue weighted by Gasteiger charge is -2.27. The summed E-state index contributed by atoms with van der Waals surface area (Å²) >= 11 is 0. The number of aliphatic hydroxyl groups excluding tert-OH is 4. The lowest BCUT2D eigenvalue weighted by molar-refractivity contribution is -0.150. The van der Waals surface area contributed by atoms with Crippen LogP contribution in [0.1, 0.15) is 11.8 Å². The molecule has 11 N–H and O–H groups in total. The number of nitrogens with two attached hydrogens (primary N) is 2. The van der Waals surface area contributed by atoms with Gasteiger partial charge < -0.3 is 51.8 Å². The van der Waals surface area contributed by atoms with Gasteiger partial charge in [-0.2, -0.15) is 0 Å². The van der Waals surface area contributed by atoms with E-state index in [4.69, 9.17) is 16.2 Å². The first-order chi connectivity index (χ1) is 15.8. The highest BCUT2D eigenvalue weighted by atomic mass is 16.6. The van der Waals surface area contributed by atoms with Crippen molar-refractivity contribution in [1.29, 1.82) is 0 Å². The van der Waals surface area contributed by atoms with Gasteiger partial charge in [-0.3, -0.25) is 19.1 Å². The zero-order valence-corrected chi connectivity index (χ0v) is 17.6. The van der Waals surface area contributed by atoms with Gasteiger partial charge in [-0.1, -0.05) is 0 Å². The van der Waals surface area contributed by atoms with E-state index in [9.17, 15) is 49.5 Å². The number of carboxylic acid groups (broad SMARTS) is 1. The molecule has 0 saturated carbocycles. The van der Waals surface area contributed by atoms with Gasteiger partial charge in [-0.15, -0.1) is 0 Å². The molecule has 34 heavy (non-hydrogen) atoms. The zero-order valence-electron chi connectivity index (χ0n) is 17.6. The van der Waals surface area contributed by atoms with Gasteiger partial charge in [-0.25, -0.2) is 14.4 Å². The number of aliphatic hydroxyl groups is 4. The molecule has 0 aromatic carbocycles. The zero-order chi connectivity index (χ0) is 25.9. The summed E-state index contributed by atoms with van der Waals surface area (Å²) in [5.41, 5.74) is 8.58. The fourth-order valence-electron chi connectivity index (χ4n) is 3.16. The van der Waals surface area contributed by atoms with Crippen molar-refractivity contribution in [3.05, 3.63) is 32.6 Å². The summed E-state index contributed by atoms with van der Waals surface area (Å²) < 4.78 is 10.4. The van der Waals surface area contributed by atoms with Crippen LogP contribution in [0, 0.1) is 6.92 Å². The maximum absolute atomic E-state index is 12.4. The highest BCUT2D eigenvalue weighted by molar-refractivity contribution is 5.87. The van der Waals surface area contributed by atoms with Crippen LogP contribution in [-0.2, 0) is 19.1 Å². The standard InChI is InChI=1S/C17H25N5O12/c1-4-2-22(17(32)21-12(4)27)14-10(26)9(25)11(34-14)7(15(29)30)20-13(28)6(18)8(24)5(23)3-33-16(19)31/h2,5-11,14,23-26H,3,18H2,1H3,(H2,19,31)(H,20,28)(H,29,30)(H,21,27,32)/t5?,6?,7?,8?,9-,10+,11+,14+/m0/s1. The highest BCUT2D eigenvalue weighted by Crippen LogP contribution is 2.30. The Hall–Kier alpha value is -3.35. The molecule has 1 aliphatic heterocycles. The van der Waals surface area contributed by atoms with Crippen molar-refractivity contribution in [3.63, 3.8) is 0 Å². The molecule has 4 unspecified atom stereocenters. The van der Waals surface area contributed by atoms with E-state index in [1.807, 2.05) is 10.3 Å². The average Bonchev–Trinajstić information content (AvgIpc) is 3.05. The molecule has 2 heterocycles. The molecule has 1 saturated heterocycles. The first-order valence-electron chi connectivity index (χ1n) is 9.67. The van der Waals surface area contributed by atoms with E-state index in [1.165, 1.54) is 6.92 Å². The number of nitrogens with zero attached hydrogens (tertiary/aromatic N) is 1. The fourth-order valence-corrected chi connectivity index (χ4v) is 3.16. The number of carboxylic acids is 1. The minimum Gasteiger partial charge on any atom is -0.480 e. The largest absolute Gasteiger partial charge is 0.480 e. The van der Waals surface area contributed by atoms with E-state index >= 15 is 0 Å². The number of carbonyl (C=O) groups is 3. The minimum atomic E-state index is -2.04. The summed E-state index contributed by atoms with van der Waals surface area (Å²) in [5.74, 6) is -3.06. The molecular formula is C17H25N5O12. The van der Waals surface area contributed by atoms with Gasteiger partial charge in [0.25, 0.3) is 5.56 Å². The molecule has 1 aromatic rings. The Balaban J connectivity index is 2.20. The lowest BCUT2D eigenvalue weighted by Crippen LogP contribution is -2.60. The van der Waals surface area contributed by atoms with Crippen molar-refractivity contribution in [2.75, 3.05) is 6.61 Å². The molecule has 17 heteroatoms. The highest BCUT2D eigenvalue weighted by Gasteiger charge is 2.50. The second-order valence-electron chi connectivity index (χ2n) is 7.49. The maximum atomic E-state index is 12.4. The Morgan fingerprint density at radius 2 is 1.88 bits per heavy atom. The molecule has 1 fully saturated rings. The molecule has 1 aliphatic rings. The van der Waals surface area contributed by atoms with Crippen molar-refractivity contribution < 1.29 is 49.4 Å². The Bertz CT molecular complexity index is 1040. The van der Waals surface area contributed by atoms with Gasteiger partial charge in [0, 0.05) is 11.8 Å². The summed E-state index contributed by atoms with van der Waals surface area (Å²) in [5, 5.41) is 51.8. The lowest BCUT2D eigenvalue weighted by atomic mass is 10.0. The number of hydrogen-bond acceptors (Lipinski definition) is 12. The second kappa shape index (κ2) is 10.7. The van der Waals surface area contributed by atoms with Crippen LogP contribution in [0.15, 0.2) is 15.8 Å². The molecule has 0 radical (unpaired) electrons. The Morgan fingerprint density at radius 3 is 2.44 bits per heavy atom. The van der Waals surface area contributed by atoms with Crippen LogP contribution in [0.3, 0.4) is 0 Å². The number of primary amides is 1. The third-order valence-electron chi connectivity index (χ3n) is 5.05. The number of H-pyrrole nitrogens is 1. The summed E-state index contributed by atoms with van der Waals surface area (Å²) in [7, 11) is 0. The number of rotatable bonds is 9. The average molecular weight is 491 g/mol. The summed E-state index contributed by atoms with van der Waals surface area (Å²) in [6.07, 6.45) is -11.3. The summed E-state index contributed by atoms with van der Waals surface area (Å²) in [4.78, 5) is 60.3. The van der Waals surface area contributed by atoms with Crippen LogP contribution in [-0.4, -0.2) is 102 Å². The molecule has 1 aromatic heterocycles. The number of aromatic nitrogens is 2. The number of ether oxygens (including phenoxy) is 2. The van der Waals surface area contributed by atoms with Gasteiger partial charge in [0.15, 0.2) is 12.3 Å². The third kappa shape index (κ3) is 5.76. The number of nitrogens with one attached hydrogen (secondary N) is 2. The van der Waals surface area contributed by atoms with Crippen LogP contribution < -0.4 is 28.0 Å². The minimum absolute atomic E-state index is 0.0512. The number of aryl methyl sites for hydroxylation is 1. The molecule has 17 nitrogen and oxygen atoms in total. The second-order valence-corrected chi connectivity index (χ2v) is 7.49. The van der Waals surface area contributed by atoms with E-state index in [2.05, 4.69) is 4.74 Å². The van der Waals surface area contributed by atoms with Crippen LogP contribution in [0.5, 0.6) is 0 Å². The summed E-state index contributed by atoms with van der Waals surface area (Å²) in [6.45, 7) is 0.533. The normalized spacial score (nSPS) is 25.7. The molecule has 8 atom stereocenters. The maximum Gasteiger partial charge on any atom is 0.404 e. The van der Waals surface area contributed by atoms with Crippen molar-refractivity contribution in [2.45, 2.75) is 55.8 Å². The predicted molar refractivity (Wildman–Crippen MR) is 107 cm³/mol. The van der Waals surface area contributed by atoms with Gasteiger partial charge in [0.05, 0.1) is 0 Å². The van der Waals surface area contributed by atoms with Crippen LogP contribution in [0.25, 0.3) is 0 Å². The first-order valence-corrected chi connectivity index (χ1v) is 9.67.